The maximum atomic E-state index is 11.5. The minimum absolute atomic E-state index is 0.127. The zero-order chi connectivity index (χ0) is 15.0. The Morgan fingerprint density at radius 2 is 1.70 bits per heavy atom. The summed E-state index contributed by atoms with van der Waals surface area (Å²) in [5.41, 5.74) is 1.06. The molecule has 7 nitrogen and oxygen atoms in total. The van der Waals surface area contributed by atoms with E-state index in [0.29, 0.717) is 17.8 Å². The smallest absolute Gasteiger partial charge is 0.329 e. The summed E-state index contributed by atoms with van der Waals surface area (Å²) in [6, 6.07) is 6.63. The second kappa shape index (κ2) is 7.90. The van der Waals surface area contributed by atoms with Gasteiger partial charge in [-0.3, -0.25) is 9.59 Å². The van der Waals surface area contributed by atoms with Gasteiger partial charge in [-0.1, -0.05) is 13.0 Å². The maximum absolute atomic E-state index is 11.5. The highest BCUT2D eigenvalue weighted by atomic mass is 16.5. The number of ether oxygens (including phenoxy) is 1. The monoisotopic (exact) mass is 280 g/mol. The van der Waals surface area contributed by atoms with E-state index in [1.165, 1.54) is 0 Å². The Labute approximate surface area is 115 Å². The van der Waals surface area contributed by atoms with Gasteiger partial charge < -0.3 is 20.5 Å². The van der Waals surface area contributed by atoms with Gasteiger partial charge in [0.15, 0.2) is 0 Å². The van der Waals surface area contributed by atoms with Crippen LogP contribution in [0.4, 0.5) is 11.4 Å². The standard InChI is InChI=1S/C13H16N2O5/c1-2-11(16)14-9-4-3-5-10(6-9)15-12(17)7-20-8-13(18)19/h3-6H,2,7-8H2,1H3,(H,14,16)(H,15,17)(H,18,19). The molecule has 0 aliphatic heterocycles. The Bertz CT molecular complexity index is 501. The Hall–Kier alpha value is -2.41. The van der Waals surface area contributed by atoms with Crippen molar-refractivity contribution in [1.29, 1.82) is 0 Å². The Morgan fingerprint density at radius 3 is 2.25 bits per heavy atom. The van der Waals surface area contributed by atoms with Crippen LogP contribution in [-0.2, 0) is 19.1 Å². The molecule has 0 saturated carbocycles. The van der Waals surface area contributed by atoms with E-state index in [1.54, 1.807) is 31.2 Å². The number of hydrogen-bond acceptors (Lipinski definition) is 4. The summed E-state index contributed by atoms with van der Waals surface area (Å²) in [7, 11) is 0. The zero-order valence-corrected chi connectivity index (χ0v) is 11.0. The molecule has 0 aromatic heterocycles. The van der Waals surface area contributed by atoms with Crippen LogP contribution in [0.15, 0.2) is 24.3 Å². The van der Waals surface area contributed by atoms with E-state index < -0.39 is 18.5 Å². The molecule has 0 bridgehead atoms. The number of anilines is 2. The first-order chi connectivity index (χ1) is 9.51. The van der Waals surface area contributed by atoms with Crippen LogP contribution < -0.4 is 10.6 Å². The van der Waals surface area contributed by atoms with Crippen LogP contribution in [0.5, 0.6) is 0 Å². The van der Waals surface area contributed by atoms with Gasteiger partial charge in [-0.25, -0.2) is 4.79 Å². The molecule has 0 spiro atoms. The summed E-state index contributed by atoms with van der Waals surface area (Å²) < 4.78 is 4.66. The first-order valence-electron chi connectivity index (χ1n) is 6.00. The fourth-order valence-corrected chi connectivity index (χ4v) is 1.35. The molecule has 1 aromatic rings. The van der Waals surface area contributed by atoms with Crippen LogP contribution in [0.3, 0.4) is 0 Å². The average molecular weight is 280 g/mol. The van der Waals surface area contributed by atoms with E-state index in [2.05, 4.69) is 15.4 Å². The molecular weight excluding hydrogens is 264 g/mol. The van der Waals surface area contributed by atoms with Crippen molar-refractivity contribution < 1.29 is 24.2 Å². The number of carboxylic acid groups (broad SMARTS) is 1. The minimum atomic E-state index is -1.14. The number of aliphatic carboxylic acids is 1. The van der Waals surface area contributed by atoms with Crippen LogP contribution in [0.2, 0.25) is 0 Å². The normalized spacial score (nSPS) is 9.85. The van der Waals surface area contributed by atoms with Crippen molar-refractivity contribution in [1.82, 2.24) is 0 Å². The number of hydrogen-bond donors (Lipinski definition) is 3. The Morgan fingerprint density at radius 1 is 1.10 bits per heavy atom. The first-order valence-corrected chi connectivity index (χ1v) is 6.00. The molecule has 0 unspecified atom stereocenters. The van der Waals surface area contributed by atoms with Gasteiger partial charge in [0.1, 0.15) is 13.2 Å². The molecule has 1 rings (SSSR count). The van der Waals surface area contributed by atoms with Crippen molar-refractivity contribution in [2.24, 2.45) is 0 Å². The van der Waals surface area contributed by atoms with Gasteiger partial charge in [0.2, 0.25) is 11.8 Å². The summed E-state index contributed by atoms with van der Waals surface area (Å²) in [6.07, 6.45) is 0.361. The van der Waals surface area contributed by atoms with Gasteiger partial charge in [-0.15, -0.1) is 0 Å². The number of rotatable bonds is 7. The van der Waals surface area contributed by atoms with Gasteiger partial charge in [0, 0.05) is 17.8 Å². The number of benzene rings is 1. The molecule has 3 N–H and O–H groups in total. The summed E-state index contributed by atoms with van der Waals surface area (Å²) in [4.78, 5) is 32.9. The van der Waals surface area contributed by atoms with Gasteiger partial charge in [-0.05, 0) is 18.2 Å². The van der Waals surface area contributed by atoms with Crippen molar-refractivity contribution >= 4 is 29.2 Å². The largest absolute Gasteiger partial charge is 0.480 e. The van der Waals surface area contributed by atoms with Crippen LogP contribution in [0, 0.1) is 0 Å². The van der Waals surface area contributed by atoms with Crippen molar-refractivity contribution in [2.75, 3.05) is 23.8 Å². The van der Waals surface area contributed by atoms with E-state index >= 15 is 0 Å². The van der Waals surface area contributed by atoms with Gasteiger partial charge in [-0.2, -0.15) is 0 Å². The summed E-state index contributed by atoms with van der Waals surface area (Å²) in [5, 5.41) is 13.6. The molecular formula is C13H16N2O5. The molecule has 0 aliphatic rings. The molecule has 0 aliphatic carbocycles. The second-order valence-corrected chi connectivity index (χ2v) is 3.92. The molecule has 7 heteroatoms. The van der Waals surface area contributed by atoms with Crippen LogP contribution in [-0.4, -0.2) is 36.1 Å². The lowest BCUT2D eigenvalue weighted by molar-refractivity contribution is -0.143. The predicted octanol–water partition coefficient (Wildman–Crippen LogP) is 1.07. The number of carbonyl (C=O) groups excluding carboxylic acids is 2. The van der Waals surface area contributed by atoms with E-state index in [0.717, 1.165) is 0 Å². The van der Waals surface area contributed by atoms with Gasteiger partial charge >= 0.3 is 5.97 Å². The highest BCUT2D eigenvalue weighted by Gasteiger charge is 2.05. The van der Waals surface area contributed by atoms with Crippen molar-refractivity contribution in [3.63, 3.8) is 0 Å². The third-order valence-electron chi connectivity index (χ3n) is 2.21. The summed E-state index contributed by atoms with van der Waals surface area (Å²) >= 11 is 0. The van der Waals surface area contributed by atoms with Crippen LogP contribution in [0.1, 0.15) is 13.3 Å². The fraction of sp³-hybridized carbons (Fsp3) is 0.308. The van der Waals surface area contributed by atoms with E-state index in [9.17, 15) is 14.4 Å². The van der Waals surface area contributed by atoms with E-state index in [1.807, 2.05) is 0 Å². The molecule has 0 atom stereocenters. The van der Waals surface area contributed by atoms with Gasteiger partial charge in [0.25, 0.3) is 0 Å². The third-order valence-corrected chi connectivity index (χ3v) is 2.21. The first kappa shape index (κ1) is 15.6. The lowest BCUT2D eigenvalue weighted by atomic mass is 10.2. The number of nitrogens with one attached hydrogen (secondary N) is 2. The molecule has 0 fully saturated rings. The van der Waals surface area contributed by atoms with E-state index in [4.69, 9.17) is 5.11 Å². The summed E-state index contributed by atoms with van der Waals surface area (Å²) in [6.45, 7) is 0.860. The lowest BCUT2D eigenvalue weighted by Gasteiger charge is -2.08. The van der Waals surface area contributed by atoms with Crippen molar-refractivity contribution in [2.45, 2.75) is 13.3 Å². The molecule has 1 aromatic carbocycles. The number of carbonyl (C=O) groups is 3. The van der Waals surface area contributed by atoms with Crippen molar-refractivity contribution in [3.05, 3.63) is 24.3 Å². The quantitative estimate of drug-likeness (QED) is 0.693. The molecule has 0 heterocycles. The molecule has 0 radical (unpaired) electrons. The Kier molecular flexibility index (Phi) is 6.18. The Balaban J connectivity index is 2.50. The van der Waals surface area contributed by atoms with Crippen LogP contribution >= 0.6 is 0 Å². The van der Waals surface area contributed by atoms with E-state index in [-0.39, 0.29) is 12.5 Å². The fourth-order valence-electron chi connectivity index (χ4n) is 1.35. The SMILES string of the molecule is CCC(=O)Nc1cccc(NC(=O)COCC(=O)O)c1. The maximum Gasteiger partial charge on any atom is 0.329 e. The zero-order valence-electron chi connectivity index (χ0n) is 11.0. The molecule has 2 amide bonds. The molecule has 108 valence electrons. The van der Waals surface area contributed by atoms with Crippen LogP contribution in [0.25, 0.3) is 0 Å². The average Bonchev–Trinajstić information content (AvgIpc) is 2.38. The summed E-state index contributed by atoms with van der Waals surface area (Å²) in [5.74, 6) is -1.73. The number of carboxylic acids is 1. The molecule has 0 saturated heterocycles. The predicted molar refractivity (Wildman–Crippen MR) is 72.4 cm³/mol. The third kappa shape index (κ3) is 5.96. The highest BCUT2D eigenvalue weighted by Crippen LogP contribution is 2.15. The second-order valence-electron chi connectivity index (χ2n) is 3.92. The van der Waals surface area contributed by atoms with Crippen molar-refractivity contribution in [3.8, 4) is 0 Å². The van der Waals surface area contributed by atoms with Gasteiger partial charge in [0.05, 0.1) is 0 Å². The highest BCUT2D eigenvalue weighted by molar-refractivity contribution is 5.94. The minimum Gasteiger partial charge on any atom is -0.480 e. The molecule has 20 heavy (non-hydrogen) atoms. The lowest BCUT2D eigenvalue weighted by Crippen LogP contribution is -2.20. The topological polar surface area (TPSA) is 105 Å². The number of amides is 2.